The molecule has 1 heterocycles. The van der Waals surface area contributed by atoms with Gasteiger partial charge in [-0.1, -0.05) is 45.0 Å². The maximum atomic E-state index is 12.0. The standard InChI is InChI=1S/C17H26N2O2/c1-17(2,3)14-8-6-13(7-9-14)16-18-12-15(20)19(16)10-5-11-21-4/h6-9,16,18H,5,10-12H2,1-4H3. The second kappa shape index (κ2) is 6.58. The minimum absolute atomic E-state index is 0.0108. The Morgan fingerprint density at radius 1 is 1.29 bits per heavy atom. The van der Waals surface area contributed by atoms with Crippen molar-refractivity contribution in [3.8, 4) is 0 Å². The zero-order chi connectivity index (χ0) is 15.5. The van der Waals surface area contributed by atoms with E-state index in [0.29, 0.717) is 13.2 Å². The van der Waals surface area contributed by atoms with Crippen LogP contribution in [-0.2, 0) is 14.9 Å². The van der Waals surface area contributed by atoms with E-state index in [1.54, 1.807) is 7.11 Å². The zero-order valence-electron chi connectivity index (χ0n) is 13.5. The Morgan fingerprint density at radius 2 is 1.95 bits per heavy atom. The van der Waals surface area contributed by atoms with Crippen LogP contribution in [0.25, 0.3) is 0 Å². The lowest BCUT2D eigenvalue weighted by atomic mass is 9.86. The van der Waals surface area contributed by atoms with Crippen molar-refractivity contribution in [3.63, 3.8) is 0 Å². The third kappa shape index (κ3) is 3.83. The summed E-state index contributed by atoms with van der Waals surface area (Å²) < 4.78 is 5.07. The normalized spacial score (nSPS) is 19.3. The van der Waals surface area contributed by atoms with Gasteiger partial charge in [0.2, 0.25) is 5.91 Å². The van der Waals surface area contributed by atoms with E-state index in [1.165, 1.54) is 5.56 Å². The van der Waals surface area contributed by atoms with Crippen LogP contribution in [0.15, 0.2) is 24.3 Å². The fourth-order valence-electron chi connectivity index (χ4n) is 2.64. The largest absolute Gasteiger partial charge is 0.385 e. The minimum atomic E-state index is -0.0108. The molecule has 2 rings (SSSR count). The zero-order valence-corrected chi connectivity index (χ0v) is 13.5. The molecule has 4 nitrogen and oxygen atoms in total. The van der Waals surface area contributed by atoms with Crippen molar-refractivity contribution in [2.75, 3.05) is 26.8 Å². The first kappa shape index (κ1) is 16.0. The molecule has 1 saturated heterocycles. The van der Waals surface area contributed by atoms with Gasteiger partial charge in [-0.05, 0) is 23.0 Å². The number of ether oxygens (including phenoxy) is 1. The predicted molar refractivity (Wildman–Crippen MR) is 84.1 cm³/mol. The number of nitrogens with zero attached hydrogens (tertiary/aromatic N) is 1. The van der Waals surface area contributed by atoms with Gasteiger partial charge in [0.1, 0.15) is 6.17 Å². The highest BCUT2D eigenvalue weighted by molar-refractivity contribution is 5.80. The van der Waals surface area contributed by atoms with Gasteiger partial charge in [0.05, 0.1) is 6.54 Å². The summed E-state index contributed by atoms with van der Waals surface area (Å²) in [6.07, 6.45) is 0.851. The van der Waals surface area contributed by atoms with Crippen molar-refractivity contribution in [1.29, 1.82) is 0 Å². The molecule has 1 aliphatic heterocycles. The lowest BCUT2D eigenvalue weighted by Crippen LogP contribution is -2.31. The third-order valence-electron chi connectivity index (χ3n) is 3.92. The molecule has 1 aliphatic rings. The average Bonchev–Trinajstić information content (AvgIpc) is 2.80. The number of hydrogen-bond acceptors (Lipinski definition) is 3. The summed E-state index contributed by atoms with van der Waals surface area (Å²) >= 11 is 0. The van der Waals surface area contributed by atoms with Crippen molar-refractivity contribution in [3.05, 3.63) is 35.4 Å². The highest BCUT2D eigenvalue weighted by Crippen LogP contribution is 2.27. The Bertz CT molecular complexity index is 477. The van der Waals surface area contributed by atoms with Crippen molar-refractivity contribution in [2.24, 2.45) is 0 Å². The van der Waals surface area contributed by atoms with Crippen LogP contribution in [0.5, 0.6) is 0 Å². The lowest BCUT2D eigenvalue weighted by Gasteiger charge is -2.26. The molecule has 0 saturated carbocycles. The number of methoxy groups -OCH3 is 1. The van der Waals surface area contributed by atoms with Crippen LogP contribution in [0, 0.1) is 0 Å². The van der Waals surface area contributed by atoms with E-state index in [4.69, 9.17) is 4.74 Å². The highest BCUT2D eigenvalue weighted by atomic mass is 16.5. The van der Waals surface area contributed by atoms with E-state index >= 15 is 0 Å². The number of carbonyl (C=O) groups is 1. The van der Waals surface area contributed by atoms with Gasteiger partial charge in [-0.3, -0.25) is 10.1 Å². The van der Waals surface area contributed by atoms with E-state index in [1.807, 2.05) is 4.90 Å². The van der Waals surface area contributed by atoms with Crippen LogP contribution in [0.4, 0.5) is 0 Å². The summed E-state index contributed by atoms with van der Waals surface area (Å²) in [6.45, 7) is 8.44. The molecule has 4 heteroatoms. The van der Waals surface area contributed by atoms with Gasteiger partial charge in [-0.15, -0.1) is 0 Å². The van der Waals surface area contributed by atoms with Crippen LogP contribution in [0.3, 0.4) is 0 Å². The van der Waals surface area contributed by atoms with Crippen LogP contribution in [0.1, 0.15) is 44.5 Å². The van der Waals surface area contributed by atoms with Gasteiger partial charge in [0.25, 0.3) is 0 Å². The molecule has 0 radical (unpaired) electrons. The van der Waals surface area contributed by atoms with Crippen molar-refractivity contribution in [2.45, 2.75) is 38.8 Å². The van der Waals surface area contributed by atoms with E-state index < -0.39 is 0 Å². The minimum Gasteiger partial charge on any atom is -0.385 e. The van der Waals surface area contributed by atoms with Crippen LogP contribution >= 0.6 is 0 Å². The molecule has 116 valence electrons. The molecule has 1 atom stereocenters. The third-order valence-corrected chi connectivity index (χ3v) is 3.92. The predicted octanol–water partition coefficient (Wildman–Crippen LogP) is 2.45. The highest BCUT2D eigenvalue weighted by Gasteiger charge is 2.31. The molecule has 1 fully saturated rings. The van der Waals surface area contributed by atoms with Crippen LogP contribution in [0.2, 0.25) is 0 Å². The molecule has 0 spiro atoms. The lowest BCUT2D eigenvalue weighted by molar-refractivity contribution is -0.128. The van der Waals surface area contributed by atoms with Gasteiger partial charge in [-0.25, -0.2) is 0 Å². The number of nitrogens with one attached hydrogen (secondary N) is 1. The Hall–Kier alpha value is -1.39. The summed E-state index contributed by atoms with van der Waals surface area (Å²) in [5.74, 6) is 0.163. The molecular weight excluding hydrogens is 264 g/mol. The molecule has 1 unspecified atom stereocenters. The summed E-state index contributed by atoms with van der Waals surface area (Å²) in [5, 5.41) is 3.29. The summed E-state index contributed by atoms with van der Waals surface area (Å²) in [5.41, 5.74) is 2.60. The Kier molecular flexibility index (Phi) is 5.01. The smallest absolute Gasteiger partial charge is 0.238 e. The molecule has 1 aromatic rings. The number of rotatable bonds is 5. The monoisotopic (exact) mass is 290 g/mol. The first-order valence-corrected chi connectivity index (χ1v) is 7.55. The summed E-state index contributed by atoms with van der Waals surface area (Å²) in [6, 6.07) is 8.57. The van der Waals surface area contributed by atoms with Gasteiger partial charge in [-0.2, -0.15) is 0 Å². The van der Waals surface area contributed by atoms with Gasteiger partial charge in [0.15, 0.2) is 0 Å². The van der Waals surface area contributed by atoms with Gasteiger partial charge in [0, 0.05) is 20.3 Å². The first-order chi connectivity index (χ1) is 9.93. The van der Waals surface area contributed by atoms with Crippen molar-refractivity contribution < 1.29 is 9.53 Å². The summed E-state index contributed by atoms with van der Waals surface area (Å²) in [7, 11) is 1.69. The number of carbonyl (C=O) groups excluding carboxylic acids is 1. The maximum Gasteiger partial charge on any atom is 0.238 e. The number of amides is 1. The second-order valence-corrected chi connectivity index (χ2v) is 6.59. The van der Waals surface area contributed by atoms with Gasteiger partial charge >= 0.3 is 0 Å². The fourth-order valence-corrected chi connectivity index (χ4v) is 2.64. The Morgan fingerprint density at radius 3 is 2.52 bits per heavy atom. The van der Waals surface area contributed by atoms with Crippen molar-refractivity contribution >= 4 is 5.91 Å². The van der Waals surface area contributed by atoms with Gasteiger partial charge < -0.3 is 9.64 Å². The molecule has 0 aliphatic carbocycles. The topological polar surface area (TPSA) is 41.6 Å². The molecule has 1 amide bonds. The van der Waals surface area contributed by atoms with Crippen molar-refractivity contribution in [1.82, 2.24) is 10.2 Å². The SMILES string of the molecule is COCCCN1C(=O)CNC1c1ccc(C(C)(C)C)cc1. The second-order valence-electron chi connectivity index (χ2n) is 6.59. The number of benzene rings is 1. The molecule has 1 aromatic carbocycles. The Labute approximate surface area is 127 Å². The van der Waals surface area contributed by atoms with E-state index in [0.717, 1.165) is 18.5 Å². The average molecular weight is 290 g/mol. The Balaban J connectivity index is 2.10. The van der Waals surface area contributed by atoms with Crippen LogP contribution in [-0.4, -0.2) is 37.6 Å². The van der Waals surface area contributed by atoms with E-state index in [-0.39, 0.29) is 17.5 Å². The van der Waals surface area contributed by atoms with E-state index in [2.05, 4.69) is 50.4 Å². The molecular formula is C17H26N2O2. The first-order valence-electron chi connectivity index (χ1n) is 7.55. The molecule has 0 aromatic heterocycles. The molecule has 21 heavy (non-hydrogen) atoms. The quantitative estimate of drug-likeness (QED) is 0.847. The molecule has 1 N–H and O–H groups in total. The molecule has 0 bridgehead atoms. The van der Waals surface area contributed by atoms with Crippen LogP contribution < -0.4 is 5.32 Å². The maximum absolute atomic E-state index is 12.0. The fraction of sp³-hybridized carbons (Fsp3) is 0.588. The summed E-state index contributed by atoms with van der Waals surface area (Å²) in [4.78, 5) is 13.9. The van der Waals surface area contributed by atoms with E-state index in [9.17, 15) is 4.79 Å². The number of hydrogen-bond donors (Lipinski definition) is 1.